The van der Waals surface area contributed by atoms with E-state index >= 15 is 0 Å². The summed E-state index contributed by atoms with van der Waals surface area (Å²) in [5.74, 6) is -0.961. The largest absolute Gasteiger partial charge is 0.397 e. The molecule has 0 radical (unpaired) electrons. The summed E-state index contributed by atoms with van der Waals surface area (Å²) in [6, 6.07) is 17.3. The number of nitrogen functional groups attached to an aromatic ring is 1. The molecule has 31 heavy (non-hydrogen) atoms. The Morgan fingerprint density at radius 1 is 1.03 bits per heavy atom. The highest BCUT2D eigenvalue weighted by atomic mass is 16.2. The predicted octanol–water partition coefficient (Wildman–Crippen LogP) is 2.32. The van der Waals surface area contributed by atoms with Crippen molar-refractivity contribution >= 4 is 34.8 Å². The second kappa shape index (κ2) is 8.50. The molecule has 3 amide bonds. The van der Waals surface area contributed by atoms with E-state index in [0.717, 1.165) is 5.56 Å². The van der Waals surface area contributed by atoms with Gasteiger partial charge < -0.3 is 21.7 Å². The summed E-state index contributed by atoms with van der Waals surface area (Å²) < 4.78 is 0. The minimum atomic E-state index is -0.353. The molecule has 2 aromatic carbocycles. The van der Waals surface area contributed by atoms with Crippen molar-refractivity contribution in [3.8, 4) is 0 Å². The fourth-order valence-corrected chi connectivity index (χ4v) is 3.12. The van der Waals surface area contributed by atoms with Gasteiger partial charge in [-0.3, -0.25) is 19.4 Å². The van der Waals surface area contributed by atoms with Gasteiger partial charge in [-0.1, -0.05) is 24.3 Å². The molecule has 1 aliphatic heterocycles. The van der Waals surface area contributed by atoms with Gasteiger partial charge in [-0.25, -0.2) is 0 Å². The van der Waals surface area contributed by atoms with Gasteiger partial charge >= 0.3 is 0 Å². The number of carbonyl (C=O) groups excluding carboxylic acids is 3. The van der Waals surface area contributed by atoms with Gasteiger partial charge in [0.2, 0.25) is 5.91 Å². The summed E-state index contributed by atoms with van der Waals surface area (Å²) >= 11 is 0. The number of fused-ring (bicyclic) bond motifs is 1. The molecule has 0 fully saturated rings. The van der Waals surface area contributed by atoms with Crippen LogP contribution < -0.4 is 21.7 Å². The number of anilines is 2. The first-order valence-corrected chi connectivity index (χ1v) is 9.52. The summed E-state index contributed by atoms with van der Waals surface area (Å²) in [6.07, 6.45) is 2.86. The van der Waals surface area contributed by atoms with Crippen molar-refractivity contribution in [3.05, 3.63) is 95.3 Å². The smallest absolute Gasteiger partial charge is 0.274 e. The lowest BCUT2D eigenvalue weighted by molar-refractivity contribution is -0.116. The lowest BCUT2D eigenvalue weighted by Gasteiger charge is -2.09. The molecule has 1 aliphatic rings. The molecule has 0 atom stereocenters. The van der Waals surface area contributed by atoms with Gasteiger partial charge in [0.25, 0.3) is 11.8 Å². The number of nitrogens with one attached hydrogen (secondary N) is 3. The minimum absolute atomic E-state index is 0.268. The van der Waals surface area contributed by atoms with E-state index in [1.807, 2.05) is 0 Å². The molecular weight excluding hydrogens is 394 g/mol. The second-order valence-electron chi connectivity index (χ2n) is 6.87. The molecule has 3 aromatic rings. The normalized spacial score (nSPS) is 13.4. The number of nitrogens with two attached hydrogens (primary N) is 1. The van der Waals surface area contributed by atoms with Gasteiger partial charge in [-0.05, 0) is 42.0 Å². The van der Waals surface area contributed by atoms with Crippen LogP contribution in [0.2, 0.25) is 0 Å². The van der Waals surface area contributed by atoms with Crippen LogP contribution in [0.1, 0.15) is 32.0 Å². The third kappa shape index (κ3) is 4.43. The quantitative estimate of drug-likeness (QED) is 0.377. The van der Waals surface area contributed by atoms with Crippen LogP contribution in [0.5, 0.6) is 0 Å². The maximum Gasteiger partial charge on any atom is 0.274 e. The second-order valence-corrected chi connectivity index (χ2v) is 6.87. The molecule has 0 bridgehead atoms. The van der Waals surface area contributed by atoms with Crippen LogP contribution in [-0.2, 0) is 11.3 Å². The summed E-state index contributed by atoms with van der Waals surface area (Å²) in [7, 11) is 0. The van der Waals surface area contributed by atoms with E-state index in [2.05, 4.69) is 20.9 Å². The first kappa shape index (κ1) is 19.8. The third-order valence-corrected chi connectivity index (χ3v) is 4.73. The molecule has 2 heterocycles. The number of pyridine rings is 1. The van der Waals surface area contributed by atoms with Crippen LogP contribution in [0.3, 0.4) is 0 Å². The zero-order valence-electron chi connectivity index (χ0n) is 16.4. The highest BCUT2D eigenvalue weighted by molar-refractivity contribution is 6.11. The Morgan fingerprint density at radius 3 is 2.58 bits per heavy atom. The molecule has 0 saturated carbocycles. The highest BCUT2D eigenvalue weighted by Crippen LogP contribution is 2.22. The predicted molar refractivity (Wildman–Crippen MR) is 117 cm³/mol. The van der Waals surface area contributed by atoms with Crippen LogP contribution in [0.4, 0.5) is 11.4 Å². The first-order chi connectivity index (χ1) is 15.0. The van der Waals surface area contributed by atoms with Crippen molar-refractivity contribution in [2.45, 2.75) is 6.54 Å². The summed E-state index contributed by atoms with van der Waals surface area (Å²) in [5, 5.41) is 8.17. The molecule has 0 spiro atoms. The molecule has 0 saturated heterocycles. The van der Waals surface area contributed by atoms with Crippen molar-refractivity contribution in [2.75, 3.05) is 11.1 Å². The van der Waals surface area contributed by atoms with Gasteiger partial charge in [0, 0.05) is 29.9 Å². The average Bonchev–Trinajstić information content (AvgIpc) is 3.09. The average molecular weight is 413 g/mol. The Morgan fingerprint density at radius 2 is 1.81 bits per heavy atom. The van der Waals surface area contributed by atoms with Crippen molar-refractivity contribution in [1.82, 2.24) is 15.6 Å². The molecule has 8 nitrogen and oxygen atoms in total. The van der Waals surface area contributed by atoms with E-state index in [-0.39, 0.29) is 24.3 Å². The molecule has 0 aliphatic carbocycles. The molecule has 4 rings (SSSR count). The van der Waals surface area contributed by atoms with E-state index in [1.54, 1.807) is 60.7 Å². The molecule has 5 N–H and O–H groups in total. The Bertz CT molecular complexity index is 1200. The number of aromatic nitrogens is 1. The van der Waals surface area contributed by atoms with Crippen LogP contribution >= 0.6 is 0 Å². The standard InChI is InChI=1S/C23H19N5O3/c24-17-5-1-2-6-18(17)27-22(30)15-9-7-14(8-10-15)13-26-20(29)12-19-16-4-3-11-25-21(16)23(31)28-19/h1-12H,13,24H2,(H,26,29)(H,27,30)(H,28,31)/b19-12-. The molecular formula is C23H19N5O3. The number of para-hydroxylation sites is 2. The maximum absolute atomic E-state index is 12.4. The van der Waals surface area contributed by atoms with Crippen LogP contribution in [0.15, 0.2) is 72.9 Å². The molecule has 1 aromatic heterocycles. The van der Waals surface area contributed by atoms with Gasteiger partial charge in [-0.2, -0.15) is 0 Å². The topological polar surface area (TPSA) is 126 Å². The zero-order chi connectivity index (χ0) is 21.8. The Kier molecular flexibility index (Phi) is 5.44. The van der Waals surface area contributed by atoms with Crippen molar-refractivity contribution in [1.29, 1.82) is 0 Å². The SMILES string of the molecule is Nc1ccccc1NC(=O)c1ccc(CNC(=O)/C=C2\NC(=O)c3ncccc32)cc1. The fourth-order valence-electron chi connectivity index (χ4n) is 3.12. The number of benzene rings is 2. The Hall–Kier alpha value is -4.46. The highest BCUT2D eigenvalue weighted by Gasteiger charge is 2.25. The lowest BCUT2D eigenvalue weighted by atomic mass is 10.1. The van der Waals surface area contributed by atoms with Crippen LogP contribution in [-0.4, -0.2) is 22.7 Å². The van der Waals surface area contributed by atoms with Crippen LogP contribution in [0, 0.1) is 0 Å². The van der Waals surface area contributed by atoms with Crippen molar-refractivity contribution < 1.29 is 14.4 Å². The monoisotopic (exact) mass is 413 g/mol. The summed E-state index contributed by atoms with van der Waals surface area (Å²) in [6.45, 7) is 0.268. The van der Waals surface area contributed by atoms with Gasteiger partial charge in [0.1, 0.15) is 5.69 Å². The van der Waals surface area contributed by atoms with E-state index < -0.39 is 0 Å². The summed E-state index contributed by atoms with van der Waals surface area (Å²) in [4.78, 5) is 40.5. The first-order valence-electron chi connectivity index (χ1n) is 9.52. The minimum Gasteiger partial charge on any atom is -0.397 e. The molecule has 154 valence electrons. The lowest BCUT2D eigenvalue weighted by Crippen LogP contribution is -2.22. The third-order valence-electron chi connectivity index (χ3n) is 4.73. The van der Waals surface area contributed by atoms with E-state index in [4.69, 9.17) is 5.73 Å². The Balaban J connectivity index is 1.36. The maximum atomic E-state index is 12.4. The van der Waals surface area contributed by atoms with E-state index in [0.29, 0.717) is 33.9 Å². The number of amides is 3. The molecule has 0 unspecified atom stereocenters. The van der Waals surface area contributed by atoms with Gasteiger partial charge in [-0.15, -0.1) is 0 Å². The number of rotatable bonds is 5. The summed E-state index contributed by atoms with van der Waals surface area (Å²) in [5.41, 5.74) is 9.48. The number of hydrogen-bond donors (Lipinski definition) is 4. The van der Waals surface area contributed by atoms with Gasteiger partial charge in [0.05, 0.1) is 17.1 Å². The Labute approximate surface area is 178 Å². The number of carbonyl (C=O) groups is 3. The van der Waals surface area contributed by atoms with Crippen LogP contribution in [0.25, 0.3) is 5.70 Å². The zero-order valence-corrected chi connectivity index (χ0v) is 16.4. The van der Waals surface area contributed by atoms with Crippen molar-refractivity contribution in [2.24, 2.45) is 0 Å². The number of nitrogens with zero attached hydrogens (tertiary/aromatic N) is 1. The van der Waals surface area contributed by atoms with E-state index in [9.17, 15) is 14.4 Å². The number of hydrogen-bond acceptors (Lipinski definition) is 5. The van der Waals surface area contributed by atoms with E-state index in [1.165, 1.54) is 12.3 Å². The van der Waals surface area contributed by atoms with Crippen molar-refractivity contribution in [3.63, 3.8) is 0 Å². The fraction of sp³-hybridized carbons (Fsp3) is 0.0435. The van der Waals surface area contributed by atoms with Gasteiger partial charge in [0.15, 0.2) is 0 Å². The molecule has 8 heteroatoms.